The van der Waals surface area contributed by atoms with Gasteiger partial charge in [0.2, 0.25) is 0 Å². The number of rotatable bonds is 7. The van der Waals surface area contributed by atoms with Gasteiger partial charge in [-0.1, -0.05) is 0 Å². The van der Waals surface area contributed by atoms with E-state index < -0.39 is 24.3 Å². The van der Waals surface area contributed by atoms with Crippen LogP contribution in [0.15, 0.2) is 0 Å². The van der Waals surface area contributed by atoms with Gasteiger partial charge in [-0.2, -0.15) is 0 Å². The normalized spacial score (nSPS) is 10.5. The molecule has 4 N–H and O–H groups in total. The number of nitrogens with one attached hydrogen (secondary N) is 2. The number of carbonyl (C=O) groups is 3. The molecule has 1 unspecified atom stereocenters. The zero-order valence-electron chi connectivity index (χ0n) is 11.2. The van der Waals surface area contributed by atoms with E-state index in [9.17, 15) is 19.5 Å². The molecule has 0 heterocycles. The molecule has 0 aromatic heterocycles. The molecule has 0 spiro atoms. The largest absolute Gasteiger partial charge is 1.00 e. The second-order valence-electron chi connectivity index (χ2n) is 3.28. The van der Waals surface area contributed by atoms with E-state index in [1.807, 2.05) is 5.32 Å². The summed E-state index contributed by atoms with van der Waals surface area (Å²) in [6.07, 6.45) is -0.697. The summed E-state index contributed by atoms with van der Waals surface area (Å²) in [7, 11) is 1.56. The fourth-order valence-corrected chi connectivity index (χ4v) is 2.67. The third-order valence-electron chi connectivity index (χ3n) is 1.95. The van der Waals surface area contributed by atoms with E-state index in [1.165, 1.54) is 0 Å². The molecule has 1 atom stereocenters. The van der Waals surface area contributed by atoms with Crippen molar-refractivity contribution < 1.29 is 85.4 Å². The molecule has 0 aliphatic rings. The maximum Gasteiger partial charge on any atom is 1.00 e. The zero-order chi connectivity index (χ0) is 13.3. The number of urea groups is 1. The van der Waals surface area contributed by atoms with Crippen molar-refractivity contribution in [2.75, 3.05) is 13.7 Å². The van der Waals surface area contributed by atoms with Crippen LogP contribution in [0.1, 0.15) is 12.8 Å². The monoisotopic (exact) mass is 473 g/mol. The van der Waals surface area contributed by atoms with Crippen LogP contribution in [0.5, 0.6) is 0 Å². The van der Waals surface area contributed by atoms with Crippen molar-refractivity contribution in [2.24, 2.45) is 0 Å². The second kappa shape index (κ2) is 14.7. The number of amides is 3. The SMILES string of the molecule is COC([CH2][Hg])CNC(=O)NC(=O)CCC(=O)[O-].O.[Na+]. The van der Waals surface area contributed by atoms with Gasteiger partial charge in [0.1, 0.15) is 0 Å². The minimum atomic E-state index is -1.32. The number of ether oxygens (including phenoxy) is 1. The zero-order valence-corrected chi connectivity index (χ0v) is 18.7. The van der Waals surface area contributed by atoms with Crippen molar-refractivity contribution in [3.63, 3.8) is 0 Å². The van der Waals surface area contributed by atoms with Gasteiger partial charge in [0.05, 0.1) is 0 Å². The number of methoxy groups -OCH3 is 1. The molecule has 0 radical (unpaired) electrons. The van der Waals surface area contributed by atoms with Gasteiger partial charge in [-0.15, -0.1) is 0 Å². The van der Waals surface area contributed by atoms with Crippen molar-refractivity contribution in [3.05, 3.63) is 0 Å². The molecule has 0 fully saturated rings. The molecule has 8 nitrogen and oxygen atoms in total. The van der Waals surface area contributed by atoms with Gasteiger partial charge < -0.3 is 5.48 Å². The number of carboxylic acids is 1. The van der Waals surface area contributed by atoms with Crippen LogP contribution in [0.25, 0.3) is 0 Å². The summed E-state index contributed by atoms with van der Waals surface area (Å²) >= 11 is 0.574. The molecule has 0 bridgehead atoms. The number of imide groups is 1. The van der Waals surface area contributed by atoms with Crippen LogP contribution in [-0.2, 0) is 40.4 Å². The van der Waals surface area contributed by atoms with Crippen molar-refractivity contribution in [3.8, 4) is 0 Å². The van der Waals surface area contributed by atoms with E-state index in [0.717, 1.165) is 3.93 Å². The summed E-state index contributed by atoms with van der Waals surface area (Å²) in [6, 6.07) is -0.641. The van der Waals surface area contributed by atoms with Crippen molar-refractivity contribution in [1.82, 2.24) is 10.6 Å². The Morgan fingerprint density at radius 1 is 1.32 bits per heavy atom. The summed E-state index contributed by atoms with van der Waals surface area (Å²) in [4.78, 5) is 32.3. The molecule has 10 heteroatoms. The Balaban J connectivity index is -0.00000128. The average Bonchev–Trinajstić information content (AvgIpc) is 2.27. The van der Waals surface area contributed by atoms with E-state index in [-0.39, 0.29) is 47.6 Å². The number of aliphatic carboxylic acids is 1. The smallest absolute Gasteiger partial charge is 0.412 e. The summed E-state index contributed by atoms with van der Waals surface area (Å²) < 4.78 is 6.00. The third kappa shape index (κ3) is 14.5. The number of hydrogen-bond acceptors (Lipinski definition) is 5. The molecule has 0 rings (SSSR count). The second-order valence-corrected chi connectivity index (χ2v) is 5.52. The molecule has 101 valence electrons. The Morgan fingerprint density at radius 2 is 1.89 bits per heavy atom. The van der Waals surface area contributed by atoms with Crippen LogP contribution in [0.3, 0.4) is 0 Å². The van der Waals surface area contributed by atoms with Gasteiger partial charge in [-0.3, -0.25) is 0 Å². The minimum absolute atomic E-state index is 0. The molecule has 0 aliphatic heterocycles. The Kier molecular flexibility index (Phi) is 18.8. The molecule has 0 saturated carbocycles. The Labute approximate surface area is 149 Å². The van der Waals surface area contributed by atoms with Gasteiger partial charge in [-0.05, 0) is 0 Å². The van der Waals surface area contributed by atoms with Crippen LogP contribution in [0.2, 0.25) is 3.93 Å². The third-order valence-corrected chi connectivity index (χ3v) is 4.46. The minimum Gasteiger partial charge on any atom is -0.412 e. The van der Waals surface area contributed by atoms with Crippen molar-refractivity contribution in [2.45, 2.75) is 22.9 Å². The topological polar surface area (TPSA) is 139 Å². The number of carboxylic acid groups (broad SMARTS) is 1. The van der Waals surface area contributed by atoms with Crippen LogP contribution >= 0.6 is 0 Å². The Bertz CT molecular complexity index is 288. The van der Waals surface area contributed by atoms with Crippen molar-refractivity contribution in [1.29, 1.82) is 0 Å². The van der Waals surface area contributed by atoms with Gasteiger partial charge in [0.15, 0.2) is 0 Å². The van der Waals surface area contributed by atoms with Gasteiger partial charge in [0.25, 0.3) is 0 Å². The molecule has 0 saturated heterocycles. The Hall–Kier alpha value is 0.265. The summed E-state index contributed by atoms with van der Waals surface area (Å²) in [5.41, 5.74) is 0. The first kappa shape index (κ1) is 24.3. The Morgan fingerprint density at radius 3 is 2.32 bits per heavy atom. The van der Waals surface area contributed by atoms with Crippen LogP contribution in [0, 0.1) is 0 Å². The maximum absolute atomic E-state index is 11.2. The molecular formula is C9H16HgN2NaO6. The fourth-order valence-electron chi connectivity index (χ4n) is 0.959. The predicted octanol–water partition coefficient (Wildman–Crippen LogP) is -5.50. The van der Waals surface area contributed by atoms with E-state index in [4.69, 9.17) is 4.74 Å². The van der Waals surface area contributed by atoms with E-state index in [2.05, 4.69) is 5.32 Å². The maximum atomic E-state index is 11.2. The standard InChI is InChI=1S/C9H15N2O5.Hg.Na.H2O/c1-6(16-2)5-10-9(15)11-7(12)3-4-8(13)14;;;/h6H,1,3-5H2,2H3,(H,13,14)(H2,10,11,12,15);;;1H2/q;;+1;/p-1. The van der Waals surface area contributed by atoms with Crippen LogP contribution < -0.4 is 45.3 Å². The summed E-state index contributed by atoms with van der Waals surface area (Å²) in [5, 5.41) is 14.6. The molecular weight excluding hydrogens is 456 g/mol. The average molecular weight is 472 g/mol. The fraction of sp³-hybridized carbons (Fsp3) is 0.667. The van der Waals surface area contributed by atoms with Crippen molar-refractivity contribution >= 4 is 17.9 Å². The molecule has 0 aliphatic carbocycles. The summed E-state index contributed by atoms with van der Waals surface area (Å²) in [5.74, 6) is -1.96. The van der Waals surface area contributed by atoms with E-state index in [1.54, 1.807) is 7.11 Å². The first-order valence-electron chi connectivity index (χ1n) is 5.09. The predicted molar refractivity (Wildman–Crippen MR) is 55.0 cm³/mol. The first-order valence-corrected chi connectivity index (χ1v) is 8.98. The quantitative estimate of drug-likeness (QED) is 0.357. The molecule has 3 amide bonds. The van der Waals surface area contributed by atoms with Gasteiger partial charge in [0, 0.05) is 0 Å². The van der Waals surface area contributed by atoms with Gasteiger partial charge >= 0.3 is 145 Å². The first-order chi connectivity index (χ1) is 7.99. The molecule has 0 aromatic carbocycles. The summed E-state index contributed by atoms with van der Waals surface area (Å²) in [6.45, 7) is 0.333. The van der Waals surface area contributed by atoms with Crippen LogP contribution in [0.4, 0.5) is 4.79 Å². The van der Waals surface area contributed by atoms with Crippen LogP contribution in [-0.4, -0.2) is 43.1 Å². The van der Waals surface area contributed by atoms with Gasteiger partial charge in [-0.25, -0.2) is 0 Å². The molecule has 0 aromatic rings. The number of hydrogen-bond donors (Lipinski definition) is 2. The van der Waals surface area contributed by atoms with E-state index >= 15 is 0 Å². The number of carbonyl (C=O) groups excluding carboxylic acids is 3. The molecule has 19 heavy (non-hydrogen) atoms. The van der Waals surface area contributed by atoms with E-state index in [0.29, 0.717) is 32.7 Å².